The summed E-state index contributed by atoms with van der Waals surface area (Å²) < 4.78 is 0. The van der Waals surface area contributed by atoms with Crippen molar-refractivity contribution in [3.63, 3.8) is 0 Å². The van der Waals surface area contributed by atoms with Gasteiger partial charge in [0.15, 0.2) is 0 Å². The second-order valence-electron chi connectivity index (χ2n) is 2.62. The summed E-state index contributed by atoms with van der Waals surface area (Å²) in [5, 5.41) is 0. The molecule has 0 saturated carbocycles. The molecule has 0 heteroatoms. The van der Waals surface area contributed by atoms with Crippen molar-refractivity contribution in [2.45, 2.75) is 51.9 Å². The van der Waals surface area contributed by atoms with E-state index in [-0.39, 0.29) is 1.43 Å². The summed E-state index contributed by atoms with van der Waals surface area (Å²) in [4.78, 5) is 0. The quantitative estimate of drug-likeness (QED) is 0.378. The zero-order valence-corrected chi connectivity index (χ0v) is 6.66. The summed E-state index contributed by atoms with van der Waals surface area (Å²) in [5.74, 6) is 0. The Labute approximate surface area is 61.1 Å². The highest BCUT2D eigenvalue weighted by molar-refractivity contribution is 4.44. The van der Waals surface area contributed by atoms with Crippen LogP contribution >= 0.6 is 0 Å². The average Bonchev–Trinajstić information content (AvgIpc) is 1.89. The molecule has 0 aliphatic heterocycles. The molecule has 0 aromatic rings. The molecule has 0 aliphatic rings. The van der Waals surface area contributed by atoms with Gasteiger partial charge in [-0.1, -0.05) is 45.4 Å². The predicted molar refractivity (Wildman–Crippen MR) is 44.5 cm³/mol. The molecule has 0 bridgehead atoms. The van der Waals surface area contributed by atoms with Crippen LogP contribution in [0.3, 0.4) is 0 Å². The molecule has 0 aliphatic carbocycles. The van der Waals surface area contributed by atoms with Crippen LogP contribution in [-0.2, 0) is 0 Å². The van der Waals surface area contributed by atoms with E-state index < -0.39 is 0 Å². The highest BCUT2D eigenvalue weighted by atomic mass is 13.9. The monoisotopic (exact) mass is 128 g/mol. The van der Waals surface area contributed by atoms with E-state index in [0.717, 1.165) is 6.42 Å². The van der Waals surface area contributed by atoms with Crippen molar-refractivity contribution in [2.24, 2.45) is 0 Å². The summed E-state index contributed by atoms with van der Waals surface area (Å²) in [5.41, 5.74) is 0. The lowest BCUT2D eigenvalue weighted by atomic mass is 10.1. The van der Waals surface area contributed by atoms with Gasteiger partial charge in [0, 0.05) is 0 Å². The zero-order chi connectivity index (χ0) is 6.95. The zero-order valence-electron chi connectivity index (χ0n) is 7.66. The smallest absolute Gasteiger partial charge is 0.343 e. The Morgan fingerprint density at radius 2 is 1.56 bits per heavy atom. The van der Waals surface area contributed by atoms with Crippen molar-refractivity contribution in [3.05, 3.63) is 6.92 Å². The predicted octanol–water partition coefficient (Wildman–Crippen LogP) is 3.68. The van der Waals surface area contributed by atoms with E-state index in [4.69, 9.17) is 0 Å². The lowest BCUT2D eigenvalue weighted by Gasteiger charge is -1.98. The van der Waals surface area contributed by atoms with Crippen LogP contribution in [0.1, 0.15) is 53.3 Å². The van der Waals surface area contributed by atoms with Gasteiger partial charge >= 0.3 is 1.43 Å². The Morgan fingerprint density at radius 3 is 2.11 bits per heavy atom. The molecule has 56 valence electrons. The minimum Gasteiger partial charge on any atom is -0.343 e. The average molecular weight is 128 g/mol. The Bertz CT molecular complexity index is 38.0. The minimum absolute atomic E-state index is 0. The van der Waals surface area contributed by atoms with Gasteiger partial charge < -0.3 is 6.92 Å². The molecule has 0 aromatic carbocycles. The first-order valence-corrected chi connectivity index (χ1v) is 4.21. The molecule has 0 rings (SSSR count). The van der Waals surface area contributed by atoms with Gasteiger partial charge in [-0.3, -0.25) is 0 Å². The molecule has 0 amide bonds. The van der Waals surface area contributed by atoms with Gasteiger partial charge in [0.2, 0.25) is 0 Å². The first kappa shape index (κ1) is 9.00. The number of hydrogen-bond donors (Lipinski definition) is 0. The van der Waals surface area contributed by atoms with Crippen LogP contribution in [0, 0.1) is 6.92 Å². The molecule has 0 fully saturated rings. The van der Waals surface area contributed by atoms with Crippen molar-refractivity contribution in [3.8, 4) is 0 Å². The van der Waals surface area contributed by atoms with Gasteiger partial charge in [-0.25, -0.2) is 0 Å². The van der Waals surface area contributed by atoms with Crippen molar-refractivity contribution in [2.75, 3.05) is 0 Å². The van der Waals surface area contributed by atoms with Crippen LogP contribution in [0.25, 0.3) is 0 Å². The molecule has 0 unspecified atom stereocenters. The van der Waals surface area contributed by atoms with Crippen LogP contribution in [0.4, 0.5) is 0 Å². The molecule has 0 heterocycles. The van der Waals surface area contributed by atoms with Gasteiger partial charge in [0.05, 0.1) is 0 Å². The normalized spacial score (nSPS) is 10.0. The molecule has 9 heavy (non-hydrogen) atoms. The lowest BCUT2D eigenvalue weighted by molar-refractivity contribution is 0.611. The summed E-state index contributed by atoms with van der Waals surface area (Å²) in [6.07, 6.45) is 9.45. The van der Waals surface area contributed by atoms with E-state index >= 15 is 0 Å². The maximum Gasteiger partial charge on any atom is 1.00 e. The maximum absolute atomic E-state index is 3.80. The fourth-order valence-corrected chi connectivity index (χ4v) is 0.957. The summed E-state index contributed by atoms with van der Waals surface area (Å²) in [7, 11) is 0. The van der Waals surface area contributed by atoms with Crippen LogP contribution in [0.5, 0.6) is 0 Å². The van der Waals surface area contributed by atoms with Crippen molar-refractivity contribution in [1.29, 1.82) is 0 Å². The number of unbranched alkanes of at least 4 members (excludes halogenated alkanes) is 6. The second-order valence-corrected chi connectivity index (χ2v) is 2.62. The van der Waals surface area contributed by atoms with Crippen LogP contribution < -0.4 is 0 Å². The maximum atomic E-state index is 3.80. The third kappa shape index (κ3) is 8.00. The fourth-order valence-electron chi connectivity index (χ4n) is 0.957. The van der Waals surface area contributed by atoms with Crippen LogP contribution in [-0.4, -0.2) is 0 Å². The molecule has 0 N–H and O–H groups in total. The molecular weight excluding hydrogens is 108 g/mol. The Morgan fingerprint density at radius 1 is 1.00 bits per heavy atom. The van der Waals surface area contributed by atoms with E-state index in [9.17, 15) is 0 Å². The molecule has 0 nitrogen and oxygen atoms in total. The van der Waals surface area contributed by atoms with E-state index in [0.29, 0.717) is 0 Å². The first-order chi connectivity index (χ1) is 4.41. The standard InChI is InChI=1S/C9H19/c1-3-5-7-9-8-6-4-2/h1,3-9H2,2H3/q-1/p+1. The van der Waals surface area contributed by atoms with Gasteiger partial charge in [0.1, 0.15) is 0 Å². The molecule has 0 saturated heterocycles. The molecule has 0 radical (unpaired) electrons. The highest BCUT2D eigenvalue weighted by Crippen LogP contribution is 2.05. The summed E-state index contributed by atoms with van der Waals surface area (Å²) >= 11 is 0. The Hall–Kier alpha value is 0. The van der Waals surface area contributed by atoms with Crippen molar-refractivity contribution in [1.82, 2.24) is 0 Å². The molecule has 0 spiro atoms. The van der Waals surface area contributed by atoms with Crippen LogP contribution in [0.15, 0.2) is 0 Å². The molecular formula is C9H20. The van der Waals surface area contributed by atoms with Gasteiger partial charge in [-0.05, 0) is 0 Å². The Balaban J connectivity index is 0. The topological polar surface area (TPSA) is 0 Å². The SMILES string of the molecule is [CH2-]CCCCCCCC.[H+]. The van der Waals surface area contributed by atoms with Gasteiger partial charge in [-0.2, -0.15) is 6.42 Å². The number of rotatable bonds is 6. The van der Waals surface area contributed by atoms with E-state index in [2.05, 4.69) is 13.8 Å². The van der Waals surface area contributed by atoms with Gasteiger partial charge in [0.25, 0.3) is 0 Å². The summed E-state index contributed by atoms with van der Waals surface area (Å²) in [6, 6.07) is 0. The highest BCUT2D eigenvalue weighted by Gasteiger charge is 1.84. The van der Waals surface area contributed by atoms with Crippen molar-refractivity contribution >= 4 is 0 Å². The third-order valence-electron chi connectivity index (χ3n) is 1.60. The Kier molecular flexibility index (Phi) is 8.00. The largest absolute Gasteiger partial charge is 1.00 e. The molecule has 0 aromatic heterocycles. The number of hydrogen-bond acceptors (Lipinski definition) is 0. The van der Waals surface area contributed by atoms with E-state index in [1.165, 1.54) is 38.5 Å². The van der Waals surface area contributed by atoms with E-state index in [1.54, 1.807) is 0 Å². The lowest BCUT2D eigenvalue weighted by Crippen LogP contribution is -1.76. The summed E-state index contributed by atoms with van der Waals surface area (Å²) in [6.45, 7) is 6.05. The van der Waals surface area contributed by atoms with Crippen LogP contribution in [0.2, 0.25) is 0 Å². The first-order valence-electron chi connectivity index (χ1n) is 4.21. The van der Waals surface area contributed by atoms with E-state index in [1.807, 2.05) is 0 Å². The fraction of sp³-hybridized carbons (Fsp3) is 0.889. The second kappa shape index (κ2) is 8.00. The van der Waals surface area contributed by atoms with Gasteiger partial charge in [-0.15, -0.1) is 0 Å². The van der Waals surface area contributed by atoms with Crippen molar-refractivity contribution < 1.29 is 1.43 Å². The third-order valence-corrected chi connectivity index (χ3v) is 1.60. The molecule has 0 atom stereocenters. The minimum atomic E-state index is 0.